The number of halogens is 4. The lowest BCUT2D eigenvalue weighted by Gasteiger charge is -2.13. The van der Waals surface area contributed by atoms with Crippen LogP contribution in [0.25, 0.3) is 11.4 Å². The normalized spacial score (nSPS) is 10.8. The molecule has 0 aliphatic heterocycles. The van der Waals surface area contributed by atoms with Gasteiger partial charge in [-0.15, -0.1) is 10.2 Å². The molecular weight excluding hydrogens is 471 g/mol. The fourth-order valence-corrected chi connectivity index (χ4v) is 3.85. The largest absolute Gasteiger partial charge is 0.486 e. The second kappa shape index (κ2) is 7.17. The molecule has 1 heterocycles. The third-order valence-electron chi connectivity index (χ3n) is 3.02. The Balaban J connectivity index is 1.86. The number of H-pyrrole nitrogens is 1. The summed E-state index contributed by atoms with van der Waals surface area (Å²) in [5.74, 6) is 1.13. The number of hydrogen-bond donors (Lipinski definition) is 1. The zero-order valence-electron chi connectivity index (χ0n) is 11.4. The van der Waals surface area contributed by atoms with E-state index in [-0.39, 0.29) is 6.61 Å². The first-order valence-corrected chi connectivity index (χ1v) is 8.69. The van der Waals surface area contributed by atoms with Gasteiger partial charge >= 0.3 is 0 Å². The van der Waals surface area contributed by atoms with Crippen LogP contribution in [0.2, 0.25) is 10.0 Å². The standard InChI is InChI=1S/C14H8Br2Cl2N4O/c15-9-4-7(14-19-21-22-20-14)5-10(16)13(9)23-6-8-11(17)2-1-3-12(8)18/h1-5H,6H2,(H,19,20,21,22). The molecule has 0 radical (unpaired) electrons. The maximum absolute atomic E-state index is 6.15. The van der Waals surface area contributed by atoms with Gasteiger partial charge in [0, 0.05) is 21.2 Å². The van der Waals surface area contributed by atoms with Gasteiger partial charge in [-0.1, -0.05) is 29.3 Å². The summed E-state index contributed by atoms with van der Waals surface area (Å²) < 4.78 is 7.35. The number of nitrogens with zero attached hydrogens (tertiary/aromatic N) is 3. The molecule has 9 heteroatoms. The van der Waals surface area contributed by atoms with Crippen molar-refractivity contribution in [1.29, 1.82) is 0 Å². The van der Waals surface area contributed by atoms with Crippen molar-refractivity contribution in [2.75, 3.05) is 0 Å². The summed E-state index contributed by atoms with van der Waals surface area (Å²) in [5, 5.41) is 15.0. The molecule has 0 bridgehead atoms. The summed E-state index contributed by atoms with van der Waals surface area (Å²) in [6.07, 6.45) is 0. The van der Waals surface area contributed by atoms with Crippen LogP contribution in [0.15, 0.2) is 39.3 Å². The van der Waals surface area contributed by atoms with Crippen LogP contribution < -0.4 is 4.74 Å². The molecule has 1 N–H and O–H groups in total. The van der Waals surface area contributed by atoms with Crippen LogP contribution in [0.1, 0.15) is 5.56 Å². The summed E-state index contributed by atoms with van der Waals surface area (Å²) in [4.78, 5) is 0. The van der Waals surface area contributed by atoms with Gasteiger partial charge in [0.1, 0.15) is 12.4 Å². The number of rotatable bonds is 4. The number of tetrazole rings is 1. The van der Waals surface area contributed by atoms with Crippen molar-refractivity contribution in [3.63, 3.8) is 0 Å². The molecule has 23 heavy (non-hydrogen) atoms. The molecule has 0 spiro atoms. The maximum atomic E-state index is 6.15. The highest BCUT2D eigenvalue weighted by Crippen LogP contribution is 2.38. The molecule has 0 aliphatic carbocycles. The van der Waals surface area contributed by atoms with Crippen molar-refractivity contribution in [3.8, 4) is 17.1 Å². The molecule has 0 fully saturated rings. The highest BCUT2D eigenvalue weighted by molar-refractivity contribution is 9.11. The van der Waals surface area contributed by atoms with Gasteiger partial charge in [-0.05, 0) is 61.3 Å². The number of nitrogens with one attached hydrogen (secondary N) is 1. The first-order chi connectivity index (χ1) is 11.1. The lowest BCUT2D eigenvalue weighted by atomic mass is 10.2. The molecule has 0 unspecified atom stereocenters. The molecule has 1 aromatic heterocycles. The smallest absolute Gasteiger partial charge is 0.204 e. The van der Waals surface area contributed by atoms with E-state index < -0.39 is 0 Å². The van der Waals surface area contributed by atoms with Gasteiger partial charge in [0.25, 0.3) is 0 Å². The van der Waals surface area contributed by atoms with Crippen molar-refractivity contribution in [2.24, 2.45) is 0 Å². The van der Waals surface area contributed by atoms with Gasteiger partial charge in [0.15, 0.2) is 0 Å². The van der Waals surface area contributed by atoms with Gasteiger partial charge in [-0.25, -0.2) is 0 Å². The van der Waals surface area contributed by atoms with E-state index in [4.69, 9.17) is 27.9 Å². The Morgan fingerprint density at radius 2 is 1.74 bits per heavy atom. The van der Waals surface area contributed by atoms with E-state index in [1.165, 1.54) is 0 Å². The van der Waals surface area contributed by atoms with E-state index in [2.05, 4.69) is 52.5 Å². The Hall–Kier alpha value is -1.15. The fraction of sp³-hybridized carbons (Fsp3) is 0.0714. The Kier molecular flexibility index (Phi) is 5.21. The van der Waals surface area contributed by atoms with Gasteiger partial charge < -0.3 is 4.74 Å². The third-order valence-corrected chi connectivity index (χ3v) is 4.91. The minimum absolute atomic E-state index is 0.247. The topological polar surface area (TPSA) is 63.7 Å². The molecule has 3 aromatic rings. The fourth-order valence-electron chi connectivity index (χ4n) is 1.93. The van der Waals surface area contributed by atoms with Crippen LogP contribution in [0.5, 0.6) is 5.75 Å². The van der Waals surface area contributed by atoms with E-state index in [1.54, 1.807) is 18.2 Å². The van der Waals surface area contributed by atoms with E-state index in [9.17, 15) is 0 Å². The lowest BCUT2D eigenvalue weighted by Crippen LogP contribution is -1.99. The van der Waals surface area contributed by atoms with Crippen LogP contribution in [-0.4, -0.2) is 20.6 Å². The van der Waals surface area contributed by atoms with E-state index in [0.29, 0.717) is 21.6 Å². The average molecular weight is 479 g/mol. The Morgan fingerprint density at radius 3 is 2.30 bits per heavy atom. The van der Waals surface area contributed by atoms with Crippen molar-refractivity contribution < 1.29 is 4.74 Å². The molecule has 0 aliphatic rings. The summed E-state index contributed by atoms with van der Waals surface area (Å²) in [5.41, 5.74) is 1.53. The highest BCUT2D eigenvalue weighted by atomic mass is 79.9. The number of hydrogen-bond acceptors (Lipinski definition) is 4. The number of aromatic amines is 1. The molecular formula is C14H8Br2Cl2N4O. The van der Waals surface area contributed by atoms with Crippen LogP contribution in [0.3, 0.4) is 0 Å². The van der Waals surface area contributed by atoms with Crippen molar-refractivity contribution >= 4 is 55.1 Å². The predicted molar refractivity (Wildman–Crippen MR) is 95.8 cm³/mol. The number of ether oxygens (including phenoxy) is 1. The van der Waals surface area contributed by atoms with Crippen LogP contribution in [0.4, 0.5) is 0 Å². The van der Waals surface area contributed by atoms with Gasteiger partial charge in [0.05, 0.1) is 8.95 Å². The molecule has 5 nitrogen and oxygen atoms in total. The van der Waals surface area contributed by atoms with E-state index in [1.807, 2.05) is 12.1 Å². The number of benzene rings is 2. The summed E-state index contributed by atoms with van der Waals surface area (Å²) in [6.45, 7) is 0.247. The van der Waals surface area contributed by atoms with Gasteiger partial charge in [-0.2, -0.15) is 5.21 Å². The molecule has 0 amide bonds. The minimum atomic E-state index is 0.247. The molecule has 3 rings (SSSR count). The van der Waals surface area contributed by atoms with Crippen LogP contribution in [-0.2, 0) is 6.61 Å². The molecule has 0 saturated carbocycles. The van der Waals surface area contributed by atoms with Gasteiger partial charge in [-0.3, -0.25) is 0 Å². The number of aromatic nitrogens is 4. The molecule has 2 aromatic carbocycles. The molecule has 118 valence electrons. The van der Waals surface area contributed by atoms with E-state index >= 15 is 0 Å². The zero-order chi connectivity index (χ0) is 16.4. The summed E-state index contributed by atoms with van der Waals surface area (Å²) >= 11 is 19.3. The highest BCUT2D eigenvalue weighted by Gasteiger charge is 2.14. The molecule has 0 saturated heterocycles. The van der Waals surface area contributed by atoms with E-state index in [0.717, 1.165) is 20.1 Å². The Morgan fingerprint density at radius 1 is 1.09 bits per heavy atom. The minimum Gasteiger partial charge on any atom is -0.486 e. The Bertz CT molecular complexity index is 800. The van der Waals surface area contributed by atoms with Crippen molar-refractivity contribution in [1.82, 2.24) is 20.6 Å². The zero-order valence-corrected chi connectivity index (χ0v) is 16.0. The van der Waals surface area contributed by atoms with Crippen LogP contribution in [0, 0.1) is 0 Å². The second-order valence-corrected chi connectivity index (χ2v) is 7.02. The monoisotopic (exact) mass is 476 g/mol. The van der Waals surface area contributed by atoms with Crippen molar-refractivity contribution in [2.45, 2.75) is 6.61 Å². The SMILES string of the molecule is Clc1cccc(Cl)c1COc1c(Br)cc(-c2nn[nH]n2)cc1Br. The Labute approximate surface area is 158 Å². The first-order valence-electron chi connectivity index (χ1n) is 6.35. The second-order valence-electron chi connectivity index (χ2n) is 4.49. The first kappa shape index (κ1) is 16.7. The summed E-state index contributed by atoms with van der Waals surface area (Å²) in [7, 11) is 0. The van der Waals surface area contributed by atoms with Crippen LogP contribution >= 0.6 is 55.1 Å². The summed E-state index contributed by atoms with van der Waals surface area (Å²) in [6, 6.07) is 9.03. The quantitative estimate of drug-likeness (QED) is 0.554. The van der Waals surface area contributed by atoms with Crippen molar-refractivity contribution in [3.05, 3.63) is 54.9 Å². The van der Waals surface area contributed by atoms with Gasteiger partial charge in [0.2, 0.25) is 5.82 Å². The average Bonchev–Trinajstić information content (AvgIpc) is 3.03. The third kappa shape index (κ3) is 3.68. The predicted octanol–water partition coefficient (Wildman–Crippen LogP) is 5.28. The molecule has 0 atom stereocenters. The lowest BCUT2D eigenvalue weighted by molar-refractivity contribution is 0.302. The maximum Gasteiger partial charge on any atom is 0.204 e.